The molecule has 0 unspecified atom stereocenters. The summed E-state index contributed by atoms with van der Waals surface area (Å²) >= 11 is 0. The lowest BCUT2D eigenvalue weighted by atomic mass is 9.67. The summed E-state index contributed by atoms with van der Waals surface area (Å²) in [6.45, 7) is 2.28. The number of aromatic nitrogens is 3. The van der Waals surface area contributed by atoms with Gasteiger partial charge in [-0.25, -0.2) is 14.4 Å². The third-order valence-corrected chi connectivity index (χ3v) is 6.49. The number of nitrogens with zero attached hydrogens (tertiary/aromatic N) is 4. The number of rotatable bonds is 4. The predicted molar refractivity (Wildman–Crippen MR) is 116 cm³/mol. The van der Waals surface area contributed by atoms with E-state index in [-0.39, 0.29) is 17.1 Å². The summed E-state index contributed by atoms with van der Waals surface area (Å²) < 4.78 is 13.7. The summed E-state index contributed by atoms with van der Waals surface area (Å²) in [6, 6.07) is 12.3. The molecule has 0 atom stereocenters. The van der Waals surface area contributed by atoms with Gasteiger partial charge in [0.05, 0.1) is 5.69 Å². The molecule has 1 amide bonds. The SMILES string of the molecule is CC(=O)N1CC2(c3nc(Nc4cccc(F)c4)cc(-c4cccnc4)n3)CCC1CC2. The number of fused-ring (bicyclic) bond motifs is 3. The molecule has 1 saturated carbocycles. The standard InChI is InChI=1S/C24H24FN5O/c1-16(31)30-15-24(9-7-20(30)8-10-24)23-28-21(17-4-3-11-26-14-17)13-22(29-23)27-19-6-2-5-18(25)12-19/h2-6,11-14,20H,7-10,15H2,1H3,(H,27,28,29). The predicted octanol–water partition coefficient (Wildman–Crippen LogP) is 4.46. The maximum atomic E-state index is 13.7. The van der Waals surface area contributed by atoms with Crippen molar-refractivity contribution in [2.45, 2.75) is 44.1 Å². The van der Waals surface area contributed by atoms with Crippen LogP contribution in [0.4, 0.5) is 15.9 Å². The Kier molecular flexibility index (Phi) is 4.88. The van der Waals surface area contributed by atoms with Crippen LogP contribution in [0.3, 0.4) is 0 Å². The first-order valence-electron chi connectivity index (χ1n) is 10.6. The molecule has 31 heavy (non-hydrogen) atoms. The molecule has 6 nitrogen and oxygen atoms in total. The number of piperidine rings is 2. The topological polar surface area (TPSA) is 71.0 Å². The number of nitrogens with one attached hydrogen (secondary N) is 1. The lowest BCUT2D eigenvalue weighted by Crippen LogP contribution is -2.58. The zero-order valence-corrected chi connectivity index (χ0v) is 17.4. The molecule has 2 saturated heterocycles. The molecule has 158 valence electrons. The van der Waals surface area contributed by atoms with Crippen molar-refractivity contribution in [2.75, 3.05) is 11.9 Å². The van der Waals surface area contributed by atoms with E-state index in [0.29, 0.717) is 24.1 Å². The highest BCUT2D eigenvalue weighted by atomic mass is 19.1. The Morgan fingerprint density at radius 2 is 2.00 bits per heavy atom. The van der Waals surface area contributed by atoms with Gasteiger partial charge in [-0.3, -0.25) is 9.78 Å². The van der Waals surface area contributed by atoms with Crippen molar-refractivity contribution in [1.82, 2.24) is 19.9 Å². The van der Waals surface area contributed by atoms with E-state index in [1.165, 1.54) is 12.1 Å². The van der Waals surface area contributed by atoms with Gasteiger partial charge >= 0.3 is 0 Å². The van der Waals surface area contributed by atoms with E-state index in [9.17, 15) is 9.18 Å². The third-order valence-electron chi connectivity index (χ3n) is 6.49. The maximum Gasteiger partial charge on any atom is 0.219 e. The Hall–Kier alpha value is -3.35. The molecule has 1 N–H and O–H groups in total. The van der Waals surface area contributed by atoms with E-state index in [2.05, 4.69) is 10.3 Å². The van der Waals surface area contributed by atoms with E-state index >= 15 is 0 Å². The Morgan fingerprint density at radius 1 is 1.16 bits per heavy atom. The molecule has 2 bridgehead atoms. The maximum absolute atomic E-state index is 13.7. The van der Waals surface area contributed by atoms with Gasteiger partial charge in [0.15, 0.2) is 0 Å². The molecule has 0 radical (unpaired) electrons. The van der Waals surface area contributed by atoms with E-state index in [1.807, 2.05) is 23.1 Å². The van der Waals surface area contributed by atoms with Crippen molar-refractivity contribution in [3.05, 3.63) is 66.5 Å². The second-order valence-electron chi connectivity index (χ2n) is 8.50. The molecular formula is C24H24FN5O. The zero-order valence-electron chi connectivity index (χ0n) is 17.4. The highest BCUT2D eigenvalue weighted by Gasteiger charge is 2.48. The van der Waals surface area contributed by atoms with E-state index < -0.39 is 0 Å². The van der Waals surface area contributed by atoms with Gasteiger partial charge in [-0.2, -0.15) is 0 Å². The van der Waals surface area contributed by atoms with Gasteiger partial charge in [0.1, 0.15) is 17.5 Å². The van der Waals surface area contributed by atoms with Gasteiger partial charge in [0.2, 0.25) is 5.91 Å². The molecule has 3 aromatic rings. The van der Waals surface area contributed by atoms with Crippen molar-refractivity contribution in [3.8, 4) is 11.3 Å². The Balaban J connectivity index is 1.58. The van der Waals surface area contributed by atoms with Crippen molar-refractivity contribution in [1.29, 1.82) is 0 Å². The fraction of sp³-hybridized carbons (Fsp3) is 0.333. The summed E-state index contributed by atoms with van der Waals surface area (Å²) in [5.41, 5.74) is 2.00. The van der Waals surface area contributed by atoms with Crippen LogP contribution in [0.15, 0.2) is 54.9 Å². The minimum absolute atomic E-state index is 0.107. The van der Waals surface area contributed by atoms with Crippen molar-refractivity contribution < 1.29 is 9.18 Å². The highest BCUT2D eigenvalue weighted by molar-refractivity contribution is 5.74. The van der Waals surface area contributed by atoms with Gasteiger partial charge in [-0.1, -0.05) is 6.07 Å². The molecule has 6 rings (SSSR count). The van der Waals surface area contributed by atoms with Gasteiger partial charge < -0.3 is 10.2 Å². The average Bonchev–Trinajstić information content (AvgIpc) is 2.80. The Bertz CT molecular complexity index is 1110. The van der Waals surface area contributed by atoms with Gasteiger partial charge in [-0.15, -0.1) is 0 Å². The monoisotopic (exact) mass is 417 g/mol. The molecule has 3 aliphatic rings. The Labute approximate surface area is 180 Å². The fourth-order valence-electron chi connectivity index (χ4n) is 4.87. The molecule has 1 aliphatic carbocycles. The van der Waals surface area contributed by atoms with Gasteiger partial charge in [-0.05, 0) is 56.0 Å². The number of amides is 1. The first-order chi connectivity index (χ1) is 15.0. The lowest BCUT2D eigenvalue weighted by molar-refractivity contribution is -0.137. The van der Waals surface area contributed by atoms with Crippen LogP contribution in [-0.2, 0) is 10.2 Å². The van der Waals surface area contributed by atoms with Crippen LogP contribution >= 0.6 is 0 Å². The normalized spacial score (nSPS) is 22.4. The van der Waals surface area contributed by atoms with Crippen molar-refractivity contribution in [3.63, 3.8) is 0 Å². The number of carbonyl (C=O) groups is 1. The molecule has 0 spiro atoms. The number of benzene rings is 1. The second-order valence-corrected chi connectivity index (χ2v) is 8.50. The molecule has 3 fully saturated rings. The summed E-state index contributed by atoms with van der Waals surface area (Å²) in [4.78, 5) is 28.2. The number of pyridine rings is 1. The zero-order chi connectivity index (χ0) is 21.4. The van der Waals surface area contributed by atoms with E-state index in [0.717, 1.165) is 42.8 Å². The number of halogens is 1. The van der Waals surface area contributed by atoms with Crippen LogP contribution in [0, 0.1) is 5.82 Å². The molecule has 1 aromatic carbocycles. The first-order valence-corrected chi connectivity index (χ1v) is 10.6. The van der Waals surface area contributed by atoms with Crippen LogP contribution in [0.1, 0.15) is 38.4 Å². The number of anilines is 2. The minimum Gasteiger partial charge on any atom is -0.340 e. The van der Waals surface area contributed by atoms with Crippen LogP contribution in [0.25, 0.3) is 11.3 Å². The molecule has 7 heteroatoms. The molecule has 2 aliphatic heterocycles. The first kappa shape index (κ1) is 19.6. The summed E-state index contributed by atoms with van der Waals surface area (Å²) in [7, 11) is 0. The summed E-state index contributed by atoms with van der Waals surface area (Å²) in [6.07, 6.45) is 7.34. The van der Waals surface area contributed by atoms with Crippen LogP contribution in [-0.4, -0.2) is 38.3 Å². The second kappa shape index (κ2) is 7.72. The average molecular weight is 417 g/mol. The van der Waals surface area contributed by atoms with E-state index in [4.69, 9.17) is 9.97 Å². The van der Waals surface area contributed by atoms with Gasteiger partial charge in [0, 0.05) is 54.6 Å². The minimum atomic E-state index is -0.312. The largest absolute Gasteiger partial charge is 0.340 e. The van der Waals surface area contributed by atoms with Crippen molar-refractivity contribution >= 4 is 17.4 Å². The summed E-state index contributed by atoms with van der Waals surface area (Å²) in [5, 5.41) is 3.23. The number of carbonyl (C=O) groups excluding carboxylic acids is 1. The van der Waals surface area contributed by atoms with Crippen LogP contribution < -0.4 is 5.32 Å². The third kappa shape index (κ3) is 3.76. The lowest BCUT2D eigenvalue weighted by Gasteiger charge is -2.51. The Morgan fingerprint density at radius 3 is 2.71 bits per heavy atom. The smallest absolute Gasteiger partial charge is 0.219 e. The van der Waals surface area contributed by atoms with Crippen molar-refractivity contribution in [2.24, 2.45) is 0 Å². The molecular weight excluding hydrogens is 393 g/mol. The summed E-state index contributed by atoms with van der Waals surface area (Å²) in [5.74, 6) is 1.13. The fourth-order valence-corrected chi connectivity index (χ4v) is 4.87. The van der Waals surface area contributed by atoms with Gasteiger partial charge in [0.25, 0.3) is 0 Å². The van der Waals surface area contributed by atoms with Crippen LogP contribution in [0.5, 0.6) is 0 Å². The van der Waals surface area contributed by atoms with Crippen LogP contribution in [0.2, 0.25) is 0 Å². The highest BCUT2D eigenvalue weighted by Crippen LogP contribution is 2.46. The number of hydrogen-bond acceptors (Lipinski definition) is 5. The number of hydrogen-bond donors (Lipinski definition) is 1. The molecule has 2 aromatic heterocycles. The van der Waals surface area contributed by atoms with E-state index in [1.54, 1.807) is 31.5 Å². The quantitative estimate of drug-likeness (QED) is 0.679. The molecule has 4 heterocycles.